The van der Waals surface area contributed by atoms with Crippen LogP contribution in [0.1, 0.15) is 5.69 Å². The van der Waals surface area contributed by atoms with Crippen molar-refractivity contribution in [1.29, 1.82) is 0 Å². The fourth-order valence-electron chi connectivity index (χ4n) is 1.94. The SMILES string of the molecule is Cn1cncc1CNc1cc2c(cc1Br)OCCO2. The van der Waals surface area contributed by atoms with Gasteiger partial charge in [-0.05, 0) is 15.9 Å². The minimum atomic E-state index is 0.593. The molecule has 0 amide bonds. The number of aryl methyl sites for hydroxylation is 1. The molecule has 1 aliphatic rings. The molecule has 0 spiro atoms. The highest BCUT2D eigenvalue weighted by molar-refractivity contribution is 9.10. The summed E-state index contributed by atoms with van der Waals surface area (Å²) in [6.45, 7) is 1.89. The minimum absolute atomic E-state index is 0.593. The molecule has 0 saturated carbocycles. The minimum Gasteiger partial charge on any atom is -0.486 e. The average Bonchev–Trinajstić information content (AvgIpc) is 2.82. The lowest BCUT2D eigenvalue weighted by Crippen LogP contribution is -2.15. The molecule has 0 unspecified atom stereocenters. The van der Waals surface area contributed by atoms with Crippen LogP contribution >= 0.6 is 15.9 Å². The Morgan fingerprint density at radius 3 is 2.74 bits per heavy atom. The first-order valence-corrected chi connectivity index (χ1v) is 6.81. The number of rotatable bonds is 3. The number of hydrogen-bond acceptors (Lipinski definition) is 4. The zero-order valence-electron chi connectivity index (χ0n) is 10.5. The average molecular weight is 324 g/mol. The Morgan fingerprint density at radius 1 is 1.32 bits per heavy atom. The molecule has 0 bridgehead atoms. The molecule has 100 valence electrons. The van der Waals surface area contributed by atoms with Crippen LogP contribution in [-0.4, -0.2) is 22.8 Å². The zero-order valence-corrected chi connectivity index (χ0v) is 12.1. The maximum absolute atomic E-state index is 5.58. The Morgan fingerprint density at radius 2 is 2.05 bits per heavy atom. The second-order valence-electron chi connectivity index (χ2n) is 4.33. The summed E-state index contributed by atoms with van der Waals surface area (Å²) in [6, 6.07) is 3.88. The van der Waals surface area contributed by atoms with Crippen molar-refractivity contribution < 1.29 is 9.47 Å². The Balaban J connectivity index is 1.79. The molecule has 2 aromatic rings. The van der Waals surface area contributed by atoms with Gasteiger partial charge in [0.15, 0.2) is 11.5 Å². The number of benzene rings is 1. The number of nitrogens with zero attached hydrogens (tertiary/aromatic N) is 2. The third-order valence-corrected chi connectivity index (χ3v) is 3.66. The molecular weight excluding hydrogens is 310 g/mol. The Labute approximate surface area is 119 Å². The Bertz CT molecular complexity index is 598. The molecule has 1 aromatic heterocycles. The predicted octanol–water partition coefficient (Wildman–Crippen LogP) is 2.57. The van der Waals surface area contributed by atoms with E-state index in [1.807, 2.05) is 29.9 Å². The Kier molecular flexibility index (Phi) is 3.33. The molecular formula is C13H14BrN3O2. The first-order chi connectivity index (χ1) is 9.24. The van der Waals surface area contributed by atoms with Crippen LogP contribution in [0, 0.1) is 0 Å². The standard InChI is InChI=1S/C13H14BrN3O2/c1-17-8-15-6-9(17)7-16-11-5-13-12(4-10(11)14)18-2-3-19-13/h4-6,8,16H,2-3,7H2,1H3. The molecule has 3 rings (SSSR count). The number of imidazole rings is 1. The van der Waals surface area contributed by atoms with Gasteiger partial charge in [-0.25, -0.2) is 4.98 Å². The van der Waals surface area contributed by atoms with Gasteiger partial charge in [0, 0.05) is 29.8 Å². The third kappa shape index (κ3) is 2.53. The molecule has 2 heterocycles. The van der Waals surface area contributed by atoms with Crippen molar-refractivity contribution in [2.24, 2.45) is 7.05 Å². The van der Waals surface area contributed by atoms with E-state index in [0.29, 0.717) is 19.8 Å². The first-order valence-electron chi connectivity index (χ1n) is 6.02. The number of aromatic nitrogens is 2. The second kappa shape index (κ2) is 5.13. The van der Waals surface area contributed by atoms with Crippen LogP contribution in [0.2, 0.25) is 0 Å². The van der Waals surface area contributed by atoms with Crippen LogP contribution in [0.3, 0.4) is 0 Å². The van der Waals surface area contributed by atoms with Crippen molar-refractivity contribution in [3.63, 3.8) is 0 Å². The lowest BCUT2D eigenvalue weighted by atomic mass is 10.2. The molecule has 1 aromatic carbocycles. The molecule has 0 atom stereocenters. The fourth-order valence-corrected chi connectivity index (χ4v) is 2.40. The van der Waals surface area contributed by atoms with Crippen LogP contribution in [0.5, 0.6) is 11.5 Å². The zero-order chi connectivity index (χ0) is 13.2. The molecule has 0 radical (unpaired) electrons. The van der Waals surface area contributed by atoms with E-state index in [1.165, 1.54) is 0 Å². The van der Waals surface area contributed by atoms with Crippen LogP contribution in [0.25, 0.3) is 0 Å². The van der Waals surface area contributed by atoms with Gasteiger partial charge in [-0.1, -0.05) is 0 Å². The van der Waals surface area contributed by atoms with Crippen molar-refractivity contribution in [1.82, 2.24) is 9.55 Å². The number of nitrogens with one attached hydrogen (secondary N) is 1. The van der Waals surface area contributed by atoms with Crippen LogP contribution < -0.4 is 14.8 Å². The summed E-state index contributed by atoms with van der Waals surface area (Å²) in [5, 5.41) is 3.36. The molecule has 0 fully saturated rings. The second-order valence-corrected chi connectivity index (χ2v) is 5.18. The van der Waals surface area contributed by atoms with E-state index in [9.17, 15) is 0 Å². The lowest BCUT2D eigenvalue weighted by molar-refractivity contribution is 0.171. The van der Waals surface area contributed by atoms with E-state index in [2.05, 4.69) is 26.2 Å². The molecule has 5 nitrogen and oxygen atoms in total. The van der Waals surface area contributed by atoms with Gasteiger partial charge in [-0.2, -0.15) is 0 Å². The summed E-state index contributed by atoms with van der Waals surface area (Å²) in [5.41, 5.74) is 2.09. The van der Waals surface area contributed by atoms with Gasteiger partial charge in [0.2, 0.25) is 0 Å². The van der Waals surface area contributed by atoms with Gasteiger partial charge in [0.1, 0.15) is 13.2 Å². The molecule has 19 heavy (non-hydrogen) atoms. The van der Waals surface area contributed by atoms with Crippen molar-refractivity contribution in [2.75, 3.05) is 18.5 Å². The summed E-state index contributed by atoms with van der Waals surface area (Å²) in [7, 11) is 1.98. The maximum Gasteiger partial charge on any atom is 0.163 e. The fraction of sp³-hybridized carbons (Fsp3) is 0.308. The smallest absolute Gasteiger partial charge is 0.163 e. The quantitative estimate of drug-likeness (QED) is 0.943. The summed E-state index contributed by atoms with van der Waals surface area (Å²) < 4.78 is 14.1. The van der Waals surface area contributed by atoms with Crippen LogP contribution in [0.4, 0.5) is 5.69 Å². The monoisotopic (exact) mass is 323 g/mol. The summed E-state index contributed by atoms with van der Waals surface area (Å²) >= 11 is 3.54. The highest BCUT2D eigenvalue weighted by Crippen LogP contribution is 2.38. The molecule has 0 aliphatic carbocycles. The largest absolute Gasteiger partial charge is 0.486 e. The number of fused-ring (bicyclic) bond motifs is 1. The molecule has 6 heteroatoms. The predicted molar refractivity (Wildman–Crippen MR) is 75.7 cm³/mol. The number of ether oxygens (including phenoxy) is 2. The number of halogens is 1. The van der Waals surface area contributed by atoms with E-state index < -0.39 is 0 Å². The van der Waals surface area contributed by atoms with Crippen LogP contribution in [0.15, 0.2) is 29.1 Å². The molecule has 1 aliphatic heterocycles. The van der Waals surface area contributed by atoms with Crippen molar-refractivity contribution in [2.45, 2.75) is 6.54 Å². The van der Waals surface area contributed by atoms with E-state index in [1.54, 1.807) is 6.33 Å². The van der Waals surface area contributed by atoms with E-state index >= 15 is 0 Å². The van der Waals surface area contributed by atoms with Crippen molar-refractivity contribution >= 4 is 21.6 Å². The first kappa shape index (κ1) is 12.3. The van der Waals surface area contributed by atoms with E-state index in [-0.39, 0.29) is 0 Å². The highest BCUT2D eigenvalue weighted by Gasteiger charge is 2.14. The topological polar surface area (TPSA) is 48.3 Å². The van der Waals surface area contributed by atoms with E-state index in [4.69, 9.17) is 9.47 Å². The normalized spacial score (nSPS) is 13.4. The van der Waals surface area contributed by atoms with Crippen molar-refractivity contribution in [3.05, 3.63) is 34.8 Å². The van der Waals surface area contributed by atoms with Crippen molar-refractivity contribution in [3.8, 4) is 11.5 Å². The van der Waals surface area contributed by atoms with Crippen LogP contribution in [-0.2, 0) is 13.6 Å². The number of hydrogen-bond donors (Lipinski definition) is 1. The highest BCUT2D eigenvalue weighted by atomic mass is 79.9. The van der Waals surface area contributed by atoms with Gasteiger partial charge in [-0.3, -0.25) is 0 Å². The molecule has 1 N–H and O–H groups in total. The van der Waals surface area contributed by atoms with Gasteiger partial charge in [-0.15, -0.1) is 0 Å². The summed E-state index contributed by atoms with van der Waals surface area (Å²) in [5.74, 6) is 1.56. The van der Waals surface area contributed by atoms with Gasteiger partial charge in [0.05, 0.1) is 24.3 Å². The molecule has 0 saturated heterocycles. The lowest BCUT2D eigenvalue weighted by Gasteiger charge is -2.20. The third-order valence-electron chi connectivity index (χ3n) is 3.01. The van der Waals surface area contributed by atoms with E-state index in [0.717, 1.165) is 27.4 Å². The van der Waals surface area contributed by atoms with Gasteiger partial charge in [0.25, 0.3) is 0 Å². The van der Waals surface area contributed by atoms with Gasteiger partial charge < -0.3 is 19.4 Å². The number of anilines is 1. The summed E-state index contributed by atoms with van der Waals surface area (Å²) in [4.78, 5) is 4.09. The maximum atomic E-state index is 5.58. The van der Waals surface area contributed by atoms with Gasteiger partial charge >= 0.3 is 0 Å². The Hall–Kier alpha value is -1.69. The summed E-state index contributed by atoms with van der Waals surface area (Å²) in [6.07, 6.45) is 3.63.